The number of aromatic nitrogens is 2. The van der Waals surface area contributed by atoms with Gasteiger partial charge in [0.05, 0.1) is 28.6 Å². The van der Waals surface area contributed by atoms with E-state index in [1.54, 1.807) is 0 Å². The van der Waals surface area contributed by atoms with E-state index in [-0.39, 0.29) is 18.1 Å². The first-order chi connectivity index (χ1) is 9.61. The molecule has 1 saturated heterocycles. The standard InChI is InChI=1S/C15H23BrN2O2/c1-3-11-13(16)12(18(2)17-11)8-15(9-19)6-7-20-14(15)10-4-5-10/h10,14,19H,3-9H2,1-2H3. The summed E-state index contributed by atoms with van der Waals surface area (Å²) < 4.78 is 9.03. The van der Waals surface area contributed by atoms with E-state index in [1.807, 2.05) is 11.7 Å². The van der Waals surface area contributed by atoms with Crippen LogP contribution < -0.4 is 0 Å². The number of hydrogen-bond donors (Lipinski definition) is 1. The molecule has 1 N–H and O–H groups in total. The average Bonchev–Trinajstić information content (AvgIpc) is 3.16. The van der Waals surface area contributed by atoms with E-state index in [4.69, 9.17) is 4.74 Å². The Kier molecular flexibility index (Phi) is 3.95. The summed E-state index contributed by atoms with van der Waals surface area (Å²) in [6.45, 7) is 3.09. The number of aliphatic hydroxyl groups excluding tert-OH is 1. The second kappa shape index (κ2) is 5.43. The van der Waals surface area contributed by atoms with Crippen LogP contribution in [0.2, 0.25) is 0 Å². The molecule has 2 aliphatic rings. The Balaban J connectivity index is 1.89. The lowest BCUT2D eigenvalue weighted by Gasteiger charge is -2.32. The van der Waals surface area contributed by atoms with Crippen molar-refractivity contribution >= 4 is 15.9 Å². The van der Waals surface area contributed by atoms with Crippen LogP contribution in [0.1, 0.15) is 37.6 Å². The molecule has 1 aromatic rings. The first kappa shape index (κ1) is 14.5. The molecule has 4 nitrogen and oxygen atoms in total. The highest BCUT2D eigenvalue weighted by Gasteiger charge is 2.51. The van der Waals surface area contributed by atoms with Crippen LogP contribution in [0.15, 0.2) is 4.47 Å². The minimum atomic E-state index is -0.123. The van der Waals surface area contributed by atoms with Crippen LogP contribution in [0.3, 0.4) is 0 Å². The van der Waals surface area contributed by atoms with Gasteiger partial charge in [-0.1, -0.05) is 6.92 Å². The van der Waals surface area contributed by atoms with Crippen LogP contribution >= 0.6 is 15.9 Å². The molecule has 112 valence electrons. The van der Waals surface area contributed by atoms with E-state index in [2.05, 4.69) is 28.0 Å². The van der Waals surface area contributed by atoms with Crippen LogP contribution in [-0.4, -0.2) is 34.2 Å². The van der Waals surface area contributed by atoms with E-state index in [9.17, 15) is 5.11 Å². The fraction of sp³-hybridized carbons (Fsp3) is 0.800. The van der Waals surface area contributed by atoms with Gasteiger partial charge in [0, 0.05) is 25.5 Å². The fourth-order valence-electron chi connectivity index (χ4n) is 3.50. The zero-order valence-corrected chi connectivity index (χ0v) is 13.8. The molecule has 0 bridgehead atoms. The third kappa shape index (κ3) is 2.34. The zero-order valence-electron chi connectivity index (χ0n) is 12.2. The number of aryl methyl sites for hydroxylation is 2. The number of hydrogen-bond acceptors (Lipinski definition) is 3. The van der Waals surface area contributed by atoms with Gasteiger partial charge in [0.1, 0.15) is 0 Å². The maximum Gasteiger partial charge on any atom is 0.0766 e. The molecule has 20 heavy (non-hydrogen) atoms. The summed E-state index contributed by atoms with van der Waals surface area (Å²) in [4.78, 5) is 0. The number of rotatable bonds is 5. The summed E-state index contributed by atoms with van der Waals surface area (Å²) in [5, 5.41) is 14.6. The van der Waals surface area contributed by atoms with Gasteiger partial charge in [-0.15, -0.1) is 0 Å². The van der Waals surface area contributed by atoms with Crippen molar-refractivity contribution in [2.75, 3.05) is 13.2 Å². The summed E-state index contributed by atoms with van der Waals surface area (Å²) in [5.74, 6) is 0.655. The molecule has 2 unspecified atom stereocenters. The molecule has 2 atom stereocenters. The van der Waals surface area contributed by atoms with E-state index in [0.717, 1.165) is 36.0 Å². The van der Waals surface area contributed by atoms with Crippen molar-refractivity contribution in [1.82, 2.24) is 9.78 Å². The first-order valence-corrected chi connectivity index (χ1v) is 8.33. The zero-order chi connectivity index (χ0) is 14.3. The Morgan fingerprint density at radius 2 is 2.25 bits per heavy atom. The van der Waals surface area contributed by atoms with Gasteiger partial charge in [0.15, 0.2) is 0 Å². The van der Waals surface area contributed by atoms with Gasteiger partial charge >= 0.3 is 0 Å². The first-order valence-electron chi connectivity index (χ1n) is 7.54. The third-order valence-electron chi connectivity index (χ3n) is 4.89. The van der Waals surface area contributed by atoms with E-state index in [1.165, 1.54) is 18.5 Å². The molecule has 0 radical (unpaired) electrons. The predicted octanol–water partition coefficient (Wildman–Crippen LogP) is 2.47. The van der Waals surface area contributed by atoms with Gasteiger partial charge in [0.25, 0.3) is 0 Å². The average molecular weight is 343 g/mol. The molecular formula is C15H23BrN2O2. The van der Waals surface area contributed by atoms with Crippen LogP contribution in [0.4, 0.5) is 0 Å². The van der Waals surface area contributed by atoms with Crippen molar-refractivity contribution in [3.05, 3.63) is 15.9 Å². The number of ether oxygens (including phenoxy) is 1. The Labute approximate surface area is 128 Å². The molecule has 1 aliphatic heterocycles. The summed E-state index contributed by atoms with van der Waals surface area (Å²) in [6.07, 6.45) is 5.43. The number of nitrogens with zero attached hydrogens (tertiary/aromatic N) is 2. The Morgan fingerprint density at radius 1 is 1.50 bits per heavy atom. The van der Waals surface area contributed by atoms with Crippen molar-refractivity contribution in [3.8, 4) is 0 Å². The largest absolute Gasteiger partial charge is 0.396 e. The van der Waals surface area contributed by atoms with Gasteiger partial charge in [-0.2, -0.15) is 5.10 Å². The molecule has 2 fully saturated rings. The second-order valence-corrected chi connectivity index (χ2v) is 7.05. The number of halogens is 1. The Bertz CT molecular complexity index is 498. The van der Waals surface area contributed by atoms with Crippen molar-refractivity contribution in [3.63, 3.8) is 0 Å². The minimum absolute atomic E-state index is 0.123. The van der Waals surface area contributed by atoms with Crippen LogP contribution in [0.25, 0.3) is 0 Å². The molecule has 1 aliphatic carbocycles. The minimum Gasteiger partial charge on any atom is -0.396 e. The molecule has 2 heterocycles. The van der Waals surface area contributed by atoms with Crippen molar-refractivity contribution < 1.29 is 9.84 Å². The number of aliphatic hydroxyl groups is 1. The second-order valence-electron chi connectivity index (χ2n) is 6.26. The Hall–Kier alpha value is -0.390. The van der Waals surface area contributed by atoms with Gasteiger partial charge in [-0.25, -0.2) is 0 Å². The molecule has 0 aromatic carbocycles. The molecule has 3 rings (SSSR count). The van der Waals surface area contributed by atoms with Crippen LogP contribution in [0, 0.1) is 11.3 Å². The SMILES string of the molecule is CCc1nn(C)c(CC2(CO)CCOC2C2CC2)c1Br. The van der Waals surface area contributed by atoms with Gasteiger partial charge in [-0.3, -0.25) is 4.68 Å². The highest BCUT2D eigenvalue weighted by atomic mass is 79.9. The van der Waals surface area contributed by atoms with Gasteiger partial charge in [-0.05, 0) is 47.5 Å². The third-order valence-corrected chi connectivity index (χ3v) is 5.80. The molecule has 1 saturated carbocycles. The van der Waals surface area contributed by atoms with Crippen molar-refractivity contribution in [2.45, 2.75) is 45.1 Å². The highest BCUT2D eigenvalue weighted by molar-refractivity contribution is 9.10. The molecule has 5 heteroatoms. The topological polar surface area (TPSA) is 47.3 Å². The smallest absolute Gasteiger partial charge is 0.0766 e. The van der Waals surface area contributed by atoms with E-state index in [0.29, 0.717) is 5.92 Å². The van der Waals surface area contributed by atoms with E-state index < -0.39 is 0 Å². The van der Waals surface area contributed by atoms with Crippen molar-refractivity contribution in [2.24, 2.45) is 18.4 Å². The lowest BCUT2D eigenvalue weighted by Crippen LogP contribution is -2.39. The summed E-state index contributed by atoms with van der Waals surface area (Å²) >= 11 is 3.69. The molecule has 1 aromatic heterocycles. The van der Waals surface area contributed by atoms with Gasteiger partial charge < -0.3 is 9.84 Å². The Morgan fingerprint density at radius 3 is 2.80 bits per heavy atom. The summed E-state index contributed by atoms with van der Waals surface area (Å²) in [5.41, 5.74) is 2.16. The lowest BCUT2D eigenvalue weighted by molar-refractivity contribution is -0.000387. The molecule has 0 amide bonds. The van der Waals surface area contributed by atoms with Gasteiger partial charge in [0.2, 0.25) is 0 Å². The van der Waals surface area contributed by atoms with E-state index >= 15 is 0 Å². The summed E-state index contributed by atoms with van der Waals surface area (Å²) in [7, 11) is 1.99. The molecule has 0 spiro atoms. The normalized spacial score (nSPS) is 30.1. The highest BCUT2D eigenvalue weighted by Crippen LogP contribution is 2.49. The molecular weight excluding hydrogens is 320 g/mol. The summed E-state index contributed by atoms with van der Waals surface area (Å²) in [6, 6.07) is 0. The predicted molar refractivity (Wildman–Crippen MR) is 80.6 cm³/mol. The quantitative estimate of drug-likeness (QED) is 0.894. The van der Waals surface area contributed by atoms with Crippen molar-refractivity contribution in [1.29, 1.82) is 0 Å². The van der Waals surface area contributed by atoms with Crippen LogP contribution in [-0.2, 0) is 24.6 Å². The lowest BCUT2D eigenvalue weighted by atomic mass is 9.76. The maximum atomic E-state index is 10.0. The maximum absolute atomic E-state index is 10.0. The van der Waals surface area contributed by atoms with Crippen LogP contribution in [0.5, 0.6) is 0 Å². The fourth-order valence-corrected chi connectivity index (χ4v) is 4.26. The monoisotopic (exact) mass is 342 g/mol.